The van der Waals surface area contributed by atoms with Crippen LogP contribution in [0.5, 0.6) is 11.5 Å². The molecular weight excluding hydrogens is 266 g/mol. The third-order valence-electron chi connectivity index (χ3n) is 3.06. The van der Waals surface area contributed by atoms with Crippen molar-refractivity contribution in [2.45, 2.75) is 32.4 Å². The standard InChI is InChI=1S/C14H22ClNO3/c1-4-11(5-6-17)16-9-10-7-12(15)14(19-3)13(8-10)18-2/h7-8,11,16-17H,4-6,9H2,1-3H3. The number of hydrogen-bond donors (Lipinski definition) is 2. The van der Waals surface area contributed by atoms with Crippen molar-refractivity contribution in [1.82, 2.24) is 5.32 Å². The van der Waals surface area contributed by atoms with E-state index in [1.54, 1.807) is 14.2 Å². The van der Waals surface area contributed by atoms with Gasteiger partial charge in [-0.2, -0.15) is 0 Å². The topological polar surface area (TPSA) is 50.7 Å². The van der Waals surface area contributed by atoms with E-state index in [9.17, 15) is 0 Å². The summed E-state index contributed by atoms with van der Waals surface area (Å²) < 4.78 is 10.5. The Hall–Kier alpha value is -0.970. The van der Waals surface area contributed by atoms with Crippen LogP contribution in [0.3, 0.4) is 0 Å². The molecule has 0 fully saturated rings. The fourth-order valence-electron chi connectivity index (χ4n) is 1.94. The second-order valence-corrected chi connectivity index (χ2v) is 4.72. The quantitative estimate of drug-likeness (QED) is 0.772. The first-order valence-corrected chi connectivity index (χ1v) is 6.78. The maximum Gasteiger partial charge on any atom is 0.179 e. The van der Waals surface area contributed by atoms with Crippen molar-refractivity contribution >= 4 is 11.6 Å². The van der Waals surface area contributed by atoms with Gasteiger partial charge in [-0.3, -0.25) is 0 Å². The van der Waals surface area contributed by atoms with Crippen molar-refractivity contribution in [1.29, 1.82) is 0 Å². The van der Waals surface area contributed by atoms with Gasteiger partial charge < -0.3 is 19.9 Å². The van der Waals surface area contributed by atoms with Gasteiger partial charge >= 0.3 is 0 Å². The summed E-state index contributed by atoms with van der Waals surface area (Å²) in [5.74, 6) is 1.18. The number of aliphatic hydroxyl groups is 1. The van der Waals surface area contributed by atoms with Crippen LogP contribution in [0, 0.1) is 0 Å². The fraction of sp³-hybridized carbons (Fsp3) is 0.571. The summed E-state index contributed by atoms with van der Waals surface area (Å²) in [6.07, 6.45) is 1.72. The molecule has 2 N–H and O–H groups in total. The van der Waals surface area contributed by atoms with Crippen LogP contribution in [0.4, 0.5) is 0 Å². The van der Waals surface area contributed by atoms with Gasteiger partial charge in [-0.05, 0) is 30.5 Å². The Morgan fingerprint density at radius 3 is 2.58 bits per heavy atom. The summed E-state index contributed by atoms with van der Waals surface area (Å²) in [4.78, 5) is 0. The summed E-state index contributed by atoms with van der Waals surface area (Å²) in [5.41, 5.74) is 1.03. The molecule has 1 atom stereocenters. The zero-order valence-corrected chi connectivity index (χ0v) is 12.5. The van der Waals surface area contributed by atoms with Gasteiger partial charge in [-0.25, -0.2) is 0 Å². The average Bonchev–Trinajstić information content (AvgIpc) is 2.42. The molecule has 1 rings (SSSR count). The number of ether oxygens (including phenoxy) is 2. The molecule has 0 aliphatic carbocycles. The molecule has 0 saturated heterocycles. The smallest absolute Gasteiger partial charge is 0.179 e. The van der Waals surface area contributed by atoms with E-state index >= 15 is 0 Å². The summed E-state index contributed by atoms with van der Waals surface area (Å²) in [5, 5.41) is 12.9. The van der Waals surface area contributed by atoms with Crippen molar-refractivity contribution < 1.29 is 14.6 Å². The summed E-state index contributed by atoms with van der Waals surface area (Å²) in [6, 6.07) is 4.07. The van der Waals surface area contributed by atoms with Crippen molar-refractivity contribution in [3.8, 4) is 11.5 Å². The molecule has 108 valence electrons. The van der Waals surface area contributed by atoms with Gasteiger partial charge in [-0.15, -0.1) is 0 Å². The molecule has 1 aromatic carbocycles. The predicted octanol–water partition coefficient (Wildman–Crippen LogP) is 2.61. The molecule has 0 saturated carbocycles. The van der Waals surface area contributed by atoms with Gasteiger partial charge in [0.15, 0.2) is 11.5 Å². The van der Waals surface area contributed by atoms with Crippen molar-refractivity contribution in [2.75, 3.05) is 20.8 Å². The minimum absolute atomic E-state index is 0.193. The molecular formula is C14H22ClNO3. The summed E-state index contributed by atoms with van der Waals surface area (Å²) in [6.45, 7) is 2.96. The van der Waals surface area contributed by atoms with Crippen molar-refractivity contribution in [3.63, 3.8) is 0 Å². The molecule has 0 bridgehead atoms. The Bertz CT molecular complexity index is 399. The van der Waals surface area contributed by atoms with E-state index in [1.807, 2.05) is 12.1 Å². The largest absolute Gasteiger partial charge is 0.493 e. The number of hydrogen-bond acceptors (Lipinski definition) is 4. The first-order chi connectivity index (χ1) is 9.15. The Morgan fingerprint density at radius 1 is 1.32 bits per heavy atom. The highest BCUT2D eigenvalue weighted by molar-refractivity contribution is 6.32. The Morgan fingerprint density at radius 2 is 2.05 bits per heavy atom. The van der Waals surface area contributed by atoms with E-state index in [2.05, 4.69) is 12.2 Å². The molecule has 0 radical (unpaired) electrons. The number of benzene rings is 1. The molecule has 0 aromatic heterocycles. The normalized spacial score (nSPS) is 12.3. The fourth-order valence-corrected chi connectivity index (χ4v) is 2.25. The minimum atomic E-state index is 0.193. The van der Waals surface area contributed by atoms with E-state index in [0.29, 0.717) is 29.1 Å². The van der Waals surface area contributed by atoms with Crippen LogP contribution < -0.4 is 14.8 Å². The van der Waals surface area contributed by atoms with Gasteiger partial charge in [-0.1, -0.05) is 18.5 Å². The van der Waals surface area contributed by atoms with Gasteiger partial charge in [0.05, 0.1) is 19.2 Å². The average molecular weight is 288 g/mol. The second kappa shape index (κ2) is 8.25. The highest BCUT2D eigenvalue weighted by Gasteiger charge is 2.12. The first kappa shape index (κ1) is 16.1. The summed E-state index contributed by atoms with van der Waals surface area (Å²) in [7, 11) is 3.15. The van der Waals surface area contributed by atoms with Crippen molar-refractivity contribution in [3.05, 3.63) is 22.7 Å². The molecule has 5 heteroatoms. The Kier molecular flexibility index (Phi) is 6.99. The Balaban J connectivity index is 2.76. The predicted molar refractivity (Wildman–Crippen MR) is 77.2 cm³/mol. The van der Waals surface area contributed by atoms with Crippen LogP contribution in [0.15, 0.2) is 12.1 Å². The maximum atomic E-state index is 8.96. The zero-order valence-electron chi connectivity index (χ0n) is 11.7. The van der Waals surface area contributed by atoms with Gasteiger partial charge in [0.1, 0.15) is 0 Å². The second-order valence-electron chi connectivity index (χ2n) is 4.31. The summed E-state index contributed by atoms with van der Waals surface area (Å²) >= 11 is 6.15. The number of methoxy groups -OCH3 is 2. The minimum Gasteiger partial charge on any atom is -0.493 e. The lowest BCUT2D eigenvalue weighted by Gasteiger charge is -2.17. The molecule has 4 nitrogen and oxygen atoms in total. The maximum absolute atomic E-state index is 8.96. The molecule has 1 aromatic rings. The van der Waals surface area contributed by atoms with E-state index in [1.165, 1.54) is 0 Å². The van der Waals surface area contributed by atoms with Gasteiger partial charge in [0, 0.05) is 19.2 Å². The molecule has 0 aliphatic rings. The van der Waals surface area contributed by atoms with Crippen LogP contribution in [-0.2, 0) is 6.54 Å². The van der Waals surface area contributed by atoms with Gasteiger partial charge in [0.25, 0.3) is 0 Å². The molecule has 0 heterocycles. The van der Waals surface area contributed by atoms with Crippen LogP contribution in [0.25, 0.3) is 0 Å². The van der Waals surface area contributed by atoms with E-state index < -0.39 is 0 Å². The van der Waals surface area contributed by atoms with Crippen LogP contribution in [-0.4, -0.2) is 32.0 Å². The van der Waals surface area contributed by atoms with Gasteiger partial charge in [0.2, 0.25) is 0 Å². The number of aliphatic hydroxyl groups excluding tert-OH is 1. The van der Waals surface area contributed by atoms with Crippen LogP contribution >= 0.6 is 11.6 Å². The number of rotatable bonds is 8. The molecule has 1 unspecified atom stereocenters. The van der Waals surface area contributed by atoms with E-state index in [0.717, 1.165) is 18.4 Å². The van der Waals surface area contributed by atoms with Crippen molar-refractivity contribution in [2.24, 2.45) is 0 Å². The molecule has 0 amide bonds. The Labute approximate surface area is 119 Å². The highest BCUT2D eigenvalue weighted by Crippen LogP contribution is 2.35. The highest BCUT2D eigenvalue weighted by atomic mass is 35.5. The number of nitrogens with one attached hydrogen (secondary N) is 1. The zero-order chi connectivity index (χ0) is 14.3. The third-order valence-corrected chi connectivity index (χ3v) is 3.34. The van der Waals surface area contributed by atoms with Crippen LogP contribution in [0.1, 0.15) is 25.3 Å². The molecule has 0 aliphatic heterocycles. The molecule has 19 heavy (non-hydrogen) atoms. The van der Waals surface area contributed by atoms with E-state index in [-0.39, 0.29) is 6.61 Å². The lowest BCUT2D eigenvalue weighted by Crippen LogP contribution is -2.28. The molecule has 0 spiro atoms. The van der Waals surface area contributed by atoms with Crippen LogP contribution in [0.2, 0.25) is 5.02 Å². The SMILES string of the molecule is CCC(CCO)NCc1cc(Cl)c(OC)c(OC)c1. The number of halogens is 1. The first-order valence-electron chi connectivity index (χ1n) is 6.40. The lowest BCUT2D eigenvalue weighted by molar-refractivity contribution is 0.262. The monoisotopic (exact) mass is 287 g/mol. The van der Waals surface area contributed by atoms with E-state index in [4.69, 9.17) is 26.2 Å². The lowest BCUT2D eigenvalue weighted by atomic mass is 10.1. The third kappa shape index (κ3) is 4.56.